The monoisotopic (exact) mass is 284 g/mol. The van der Waals surface area contributed by atoms with E-state index >= 15 is 0 Å². The number of benzene rings is 1. The van der Waals surface area contributed by atoms with Crippen molar-refractivity contribution in [1.29, 1.82) is 0 Å². The zero-order chi connectivity index (χ0) is 13.1. The number of hydrogen-bond donors (Lipinski definition) is 1. The Morgan fingerprint density at radius 3 is 2.72 bits per heavy atom. The summed E-state index contributed by atoms with van der Waals surface area (Å²) < 4.78 is 13.2. The smallest absolute Gasteiger partial charge is 0.141 e. The van der Waals surface area contributed by atoms with Crippen LogP contribution < -0.4 is 5.32 Å². The molecule has 96 valence electrons. The highest BCUT2D eigenvalue weighted by Gasteiger charge is 2.18. The van der Waals surface area contributed by atoms with E-state index in [1.54, 1.807) is 29.7 Å². The molecule has 0 spiro atoms. The van der Waals surface area contributed by atoms with Gasteiger partial charge in [-0.05, 0) is 31.5 Å². The lowest BCUT2D eigenvalue weighted by molar-refractivity contribution is 0.526. The Morgan fingerprint density at radius 1 is 1.39 bits per heavy atom. The Balaban J connectivity index is 2.36. The van der Waals surface area contributed by atoms with Gasteiger partial charge in [0.25, 0.3) is 0 Å². The fourth-order valence-electron chi connectivity index (χ4n) is 1.71. The van der Waals surface area contributed by atoms with Crippen LogP contribution in [0.2, 0.25) is 5.02 Å². The van der Waals surface area contributed by atoms with E-state index in [0.29, 0.717) is 6.04 Å². The quantitative estimate of drug-likeness (QED) is 0.917. The van der Waals surface area contributed by atoms with Gasteiger partial charge in [-0.1, -0.05) is 17.7 Å². The third kappa shape index (κ3) is 3.07. The summed E-state index contributed by atoms with van der Waals surface area (Å²) in [6.07, 6.45) is 1.76. The first-order chi connectivity index (χ1) is 8.58. The lowest BCUT2D eigenvalue weighted by Gasteiger charge is -2.20. The van der Waals surface area contributed by atoms with E-state index in [-0.39, 0.29) is 11.1 Å². The molecule has 0 amide bonds. The summed E-state index contributed by atoms with van der Waals surface area (Å²) >= 11 is 7.40. The molecule has 0 aliphatic carbocycles. The summed E-state index contributed by atoms with van der Waals surface area (Å²) in [6.45, 7) is 4.12. The maximum Gasteiger partial charge on any atom is 0.141 e. The second-order valence-corrected chi connectivity index (χ2v) is 5.63. The van der Waals surface area contributed by atoms with Crippen molar-refractivity contribution in [2.45, 2.75) is 25.9 Å². The lowest BCUT2D eigenvalue weighted by atomic mass is 10.1. The number of nitrogens with zero attached hydrogens (tertiary/aromatic N) is 1. The molecule has 0 saturated heterocycles. The normalized spacial score (nSPS) is 12.9. The van der Waals surface area contributed by atoms with Gasteiger partial charge in [-0.2, -0.15) is 0 Å². The molecule has 1 heterocycles. The SMILES string of the molecule is CC(C)NC(c1ccc(F)c(Cl)c1)c1nccs1. The second kappa shape index (κ2) is 5.78. The molecule has 0 fully saturated rings. The fourth-order valence-corrected chi connectivity index (χ4v) is 2.62. The maximum atomic E-state index is 13.2. The van der Waals surface area contributed by atoms with Crippen molar-refractivity contribution >= 4 is 22.9 Å². The number of hydrogen-bond acceptors (Lipinski definition) is 3. The molecule has 0 radical (unpaired) electrons. The van der Waals surface area contributed by atoms with Crippen LogP contribution in [0.15, 0.2) is 29.8 Å². The Kier molecular flexibility index (Phi) is 4.32. The molecule has 1 atom stereocenters. The van der Waals surface area contributed by atoms with Crippen LogP contribution in [0.4, 0.5) is 4.39 Å². The summed E-state index contributed by atoms with van der Waals surface area (Å²) in [5.41, 5.74) is 0.921. The van der Waals surface area contributed by atoms with Crippen molar-refractivity contribution < 1.29 is 4.39 Å². The number of aromatic nitrogens is 1. The molecule has 1 unspecified atom stereocenters. The van der Waals surface area contributed by atoms with E-state index in [1.165, 1.54) is 6.07 Å². The first-order valence-corrected chi connectivity index (χ1v) is 6.94. The van der Waals surface area contributed by atoms with Crippen LogP contribution >= 0.6 is 22.9 Å². The van der Waals surface area contributed by atoms with Gasteiger partial charge in [0.2, 0.25) is 0 Å². The molecule has 0 bridgehead atoms. The molecule has 5 heteroatoms. The van der Waals surface area contributed by atoms with Crippen molar-refractivity contribution in [2.24, 2.45) is 0 Å². The number of thiazole rings is 1. The van der Waals surface area contributed by atoms with Gasteiger partial charge in [0.15, 0.2) is 0 Å². The Hall–Kier alpha value is -0.970. The summed E-state index contributed by atoms with van der Waals surface area (Å²) in [6, 6.07) is 5.02. The van der Waals surface area contributed by atoms with Crippen LogP contribution in [0.1, 0.15) is 30.5 Å². The molecule has 2 rings (SSSR count). The van der Waals surface area contributed by atoms with Gasteiger partial charge >= 0.3 is 0 Å². The van der Waals surface area contributed by atoms with Crippen LogP contribution in [-0.2, 0) is 0 Å². The molecule has 1 N–H and O–H groups in total. The van der Waals surface area contributed by atoms with Gasteiger partial charge in [-0.25, -0.2) is 9.37 Å². The van der Waals surface area contributed by atoms with E-state index in [4.69, 9.17) is 11.6 Å². The van der Waals surface area contributed by atoms with Crippen molar-refractivity contribution in [2.75, 3.05) is 0 Å². The van der Waals surface area contributed by atoms with Crippen LogP contribution in [0, 0.1) is 5.82 Å². The Bertz CT molecular complexity index is 514. The predicted octanol–water partition coefficient (Wildman–Crippen LogP) is 4.02. The molecular weight excluding hydrogens is 271 g/mol. The average molecular weight is 285 g/mol. The first-order valence-electron chi connectivity index (χ1n) is 5.68. The van der Waals surface area contributed by atoms with E-state index < -0.39 is 5.82 Å². The first kappa shape index (κ1) is 13.5. The lowest BCUT2D eigenvalue weighted by Crippen LogP contribution is -2.28. The van der Waals surface area contributed by atoms with E-state index in [0.717, 1.165) is 10.6 Å². The highest BCUT2D eigenvalue weighted by Crippen LogP contribution is 2.27. The molecule has 2 nitrogen and oxygen atoms in total. The van der Waals surface area contributed by atoms with Crippen LogP contribution in [0.25, 0.3) is 0 Å². The van der Waals surface area contributed by atoms with Crippen LogP contribution in [0.5, 0.6) is 0 Å². The third-order valence-electron chi connectivity index (χ3n) is 2.48. The summed E-state index contributed by atoms with van der Waals surface area (Å²) in [5, 5.41) is 6.43. The molecule has 0 aliphatic rings. The van der Waals surface area contributed by atoms with E-state index in [9.17, 15) is 4.39 Å². The topological polar surface area (TPSA) is 24.9 Å². The van der Waals surface area contributed by atoms with Gasteiger partial charge in [-0.3, -0.25) is 0 Å². The van der Waals surface area contributed by atoms with Crippen molar-refractivity contribution in [3.63, 3.8) is 0 Å². The Labute approximate surface area is 115 Å². The Morgan fingerprint density at radius 2 is 2.17 bits per heavy atom. The van der Waals surface area contributed by atoms with Gasteiger partial charge in [0.1, 0.15) is 10.8 Å². The highest BCUT2D eigenvalue weighted by atomic mass is 35.5. The minimum absolute atomic E-state index is 0.0527. The third-order valence-corrected chi connectivity index (χ3v) is 3.61. The minimum atomic E-state index is -0.400. The van der Waals surface area contributed by atoms with Crippen LogP contribution in [-0.4, -0.2) is 11.0 Å². The summed E-state index contributed by atoms with van der Waals surface area (Å²) in [7, 11) is 0. The molecule has 1 aromatic carbocycles. The summed E-state index contributed by atoms with van der Waals surface area (Å²) in [4.78, 5) is 4.32. The van der Waals surface area contributed by atoms with Gasteiger partial charge < -0.3 is 5.32 Å². The van der Waals surface area contributed by atoms with Gasteiger partial charge in [-0.15, -0.1) is 11.3 Å². The predicted molar refractivity (Wildman–Crippen MR) is 73.6 cm³/mol. The highest BCUT2D eigenvalue weighted by molar-refractivity contribution is 7.09. The standard InChI is InChI=1S/C13H14ClFN2S/c1-8(2)17-12(13-16-5-6-18-13)9-3-4-11(15)10(14)7-9/h3-8,12,17H,1-2H3. The molecule has 0 saturated carbocycles. The molecule has 0 aliphatic heterocycles. The molecule has 18 heavy (non-hydrogen) atoms. The van der Waals surface area contributed by atoms with Crippen LogP contribution in [0.3, 0.4) is 0 Å². The van der Waals surface area contributed by atoms with E-state index in [1.807, 2.05) is 5.38 Å². The molecule has 2 aromatic rings. The summed E-state index contributed by atoms with van der Waals surface area (Å²) in [5.74, 6) is -0.400. The zero-order valence-corrected chi connectivity index (χ0v) is 11.7. The molecular formula is C13H14ClFN2S. The number of nitrogens with one attached hydrogen (secondary N) is 1. The van der Waals surface area contributed by atoms with Crippen molar-refractivity contribution in [3.8, 4) is 0 Å². The minimum Gasteiger partial charge on any atom is -0.302 e. The zero-order valence-electron chi connectivity index (χ0n) is 10.2. The average Bonchev–Trinajstić information content (AvgIpc) is 2.83. The van der Waals surface area contributed by atoms with Gasteiger partial charge in [0, 0.05) is 17.6 Å². The van der Waals surface area contributed by atoms with E-state index in [2.05, 4.69) is 24.1 Å². The van der Waals surface area contributed by atoms with Crippen molar-refractivity contribution in [3.05, 3.63) is 51.2 Å². The maximum absolute atomic E-state index is 13.2. The number of rotatable bonds is 4. The van der Waals surface area contributed by atoms with Gasteiger partial charge in [0.05, 0.1) is 11.1 Å². The van der Waals surface area contributed by atoms with Crippen molar-refractivity contribution in [1.82, 2.24) is 10.3 Å². The second-order valence-electron chi connectivity index (χ2n) is 4.30. The fraction of sp³-hybridized carbons (Fsp3) is 0.308. The molecule has 1 aromatic heterocycles. The number of halogens is 2. The largest absolute Gasteiger partial charge is 0.302 e.